The Bertz CT molecular complexity index is 917. The summed E-state index contributed by atoms with van der Waals surface area (Å²) in [7, 11) is 0. The fourth-order valence-electron chi connectivity index (χ4n) is 3.98. The predicted molar refractivity (Wildman–Crippen MR) is 95.6 cm³/mol. The van der Waals surface area contributed by atoms with Crippen LogP contribution in [0.5, 0.6) is 0 Å². The minimum atomic E-state index is 0.204. The van der Waals surface area contributed by atoms with Crippen LogP contribution in [0.4, 0.5) is 5.82 Å². The number of nitrogens with zero attached hydrogens (tertiary/aromatic N) is 4. The summed E-state index contributed by atoms with van der Waals surface area (Å²) in [6, 6.07) is 9.00. The van der Waals surface area contributed by atoms with Gasteiger partial charge in [-0.2, -0.15) is 0 Å². The van der Waals surface area contributed by atoms with Crippen molar-refractivity contribution < 1.29 is 5.11 Å². The second kappa shape index (κ2) is 5.81. The van der Waals surface area contributed by atoms with Gasteiger partial charge in [-0.1, -0.05) is 24.3 Å². The van der Waals surface area contributed by atoms with Crippen LogP contribution in [0.25, 0.3) is 11.2 Å². The number of hydrogen-bond acceptors (Lipinski definition) is 5. The minimum absolute atomic E-state index is 0.204. The average Bonchev–Trinajstić information content (AvgIpc) is 3.26. The van der Waals surface area contributed by atoms with Crippen LogP contribution in [0.2, 0.25) is 0 Å². The highest BCUT2D eigenvalue weighted by Gasteiger charge is 2.31. The first-order chi connectivity index (χ1) is 12.3. The van der Waals surface area contributed by atoms with Crippen LogP contribution in [-0.4, -0.2) is 37.3 Å². The van der Waals surface area contributed by atoms with Crippen molar-refractivity contribution in [2.75, 3.05) is 11.9 Å². The van der Waals surface area contributed by atoms with E-state index in [1.807, 2.05) is 6.33 Å². The number of fused-ring (bicyclic) bond motifs is 2. The molecule has 1 aromatic carbocycles. The largest absolute Gasteiger partial charge is 0.396 e. The summed E-state index contributed by atoms with van der Waals surface area (Å²) in [5, 5.41) is 13.1. The zero-order chi connectivity index (χ0) is 16.8. The highest BCUT2D eigenvalue weighted by atomic mass is 16.3. The van der Waals surface area contributed by atoms with Gasteiger partial charge in [0, 0.05) is 31.0 Å². The summed E-state index contributed by atoms with van der Waals surface area (Å²) in [6.07, 6.45) is 6.85. The van der Waals surface area contributed by atoms with Gasteiger partial charge in [-0.3, -0.25) is 0 Å². The first-order valence-electron chi connectivity index (χ1n) is 8.95. The molecule has 0 amide bonds. The van der Waals surface area contributed by atoms with Gasteiger partial charge in [-0.05, 0) is 30.4 Å². The lowest BCUT2D eigenvalue weighted by Gasteiger charge is -2.13. The molecule has 5 rings (SSSR count). The smallest absolute Gasteiger partial charge is 0.165 e. The Balaban J connectivity index is 1.47. The molecule has 25 heavy (non-hydrogen) atoms. The molecule has 6 heteroatoms. The molecule has 2 N–H and O–H groups in total. The average molecular weight is 335 g/mol. The van der Waals surface area contributed by atoms with E-state index in [2.05, 4.69) is 49.1 Å². The Hall–Kier alpha value is -2.47. The van der Waals surface area contributed by atoms with Crippen LogP contribution < -0.4 is 5.32 Å². The molecule has 2 atom stereocenters. The maximum atomic E-state index is 9.71. The van der Waals surface area contributed by atoms with E-state index in [1.165, 1.54) is 24.0 Å². The van der Waals surface area contributed by atoms with Crippen LogP contribution in [0, 0.1) is 0 Å². The summed E-state index contributed by atoms with van der Waals surface area (Å²) in [5.41, 5.74) is 4.35. The van der Waals surface area contributed by atoms with Crippen LogP contribution in [-0.2, 0) is 6.54 Å². The molecule has 1 fully saturated rings. The van der Waals surface area contributed by atoms with Gasteiger partial charge in [-0.25, -0.2) is 15.0 Å². The number of benzene rings is 1. The molecule has 6 nitrogen and oxygen atoms in total. The van der Waals surface area contributed by atoms with Gasteiger partial charge in [0.2, 0.25) is 0 Å². The summed E-state index contributed by atoms with van der Waals surface area (Å²) in [5.74, 6) is 1.45. The lowest BCUT2D eigenvalue weighted by atomic mass is 10.0. The first kappa shape index (κ1) is 14.8. The first-order valence-corrected chi connectivity index (χ1v) is 8.95. The Morgan fingerprint density at radius 2 is 1.88 bits per heavy atom. The van der Waals surface area contributed by atoms with E-state index in [1.54, 1.807) is 6.33 Å². The van der Waals surface area contributed by atoms with Gasteiger partial charge in [0.15, 0.2) is 11.5 Å². The van der Waals surface area contributed by atoms with Crippen LogP contribution in [0.15, 0.2) is 36.9 Å². The number of anilines is 1. The van der Waals surface area contributed by atoms with E-state index in [-0.39, 0.29) is 12.5 Å². The number of rotatable bonds is 5. The Morgan fingerprint density at radius 3 is 2.64 bits per heavy atom. The molecule has 0 aliphatic heterocycles. The van der Waals surface area contributed by atoms with E-state index in [0.717, 1.165) is 29.9 Å². The Kier molecular flexibility index (Phi) is 3.45. The van der Waals surface area contributed by atoms with Crippen molar-refractivity contribution in [2.45, 2.75) is 43.7 Å². The van der Waals surface area contributed by atoms with Gasteiger partial charge >= 0.3 is 0 Å². The minimum Gasteiger partial charge on any atom is -0.396 e. The molecule has 3 aromatic rings. The fraction of sp³-hybridized carbons (Fsp3) is 0.421. The van der Waals surface area contributed by atoms with E-state index in [4.69, 9.17) is 0 Å². The number of hydrogen-bond donors (Lipinski definition) is 2. The molecule has 0 radical (unpaired) electrons. The van der Waals surface area contributed by atoms with E-state index < -0.39 is 0 Å². The highest BCUT2D eigenvalue weighted by Crippen LogP contribution is 2.42. The molecule has 0 bridgehead atoms. The molecule has 2 heterocycles. The maximum absolute atomic E-state index is 9.71. The molecule has 128 valence electrons. The zero-order valence-electron chi connectivity index (χ0n) is 14.0. The molecule has 0 spiro atoms. The third kappa shape index (κ3) is 2.57. The summed E-state index contributed by atoms with van der Waals surface area (Å²) >= 11 is 0. The monoisotopic (exact) mass is 335 g/mol. The molecular weight excluding hydrogens is 314 g/mol. The summed E-state index contributed by atoms with van der Waals surface area (Å²) in [6.45, 7) is 1.03. The molecule has 2 aliphatic carbocycles. The van der Waals surface area contributed by atoms with Crippen molar-refractivity contribution in [2.24, 2.45) is 0 Å². The number of imidazole rings is 1. The van der Waals surface area contributed by atoms with Crippen molar-refractivity contribution in [3.63, 3.8) is 0 Å². The standard InChI is InChI=1S/C19H21N5O/c25-9-13-7-12(15-3-1-2-4-16(13)15)8-24-11-22-17-18(23-14-5-6-14)20-10-21-19(17)24/h1-4,10-14,25H,5-9H2,(H,20,21,23)/t12-,13+/m1/s1. The number of aliphatic hydroxyl groups excluding tert-OH is 1. The Morgan fingerprint density at radius 1 is 1.08 bits per heavy atom. The third-order valence-corrected chi connectivity index (χ3v) is 5.40. The normalized spacial score (nSPS) is 22.3. The molecule has 0 unspecified atom stereocenters. The van der Waals surface area contributed by atoms with Crippen LogP contribution >= 0.6 is 0 Å². The van der Waals surface area contributed by atoms with Crippen molar-refractivity contribution in [1.82, 2.24) is 19.5 Å². The van der Waals surface area contributed by atoms with Crippen molar-refractivity contribution >= 4 is 17.0 Å². The van der Waals surface area contributed by atoms with Crippen LogP contribution in [0.1, 0.15) is 42.2 Å². The topological polar surface area (TPSA) is 75.9 Å². The lowest BCUT2D eigenvalue weighted by Crippen LogP contribution is -2.08. The number of aliphatic hydroxyl groups is 1. The Labute approximate surface area is 146 Å². The number of nitrogens with one attached hydrogen (secondary N) is 1. The van der Waals surface area contributed by atoms with Gasteiger partial charge in [0.25, 0.3) is 0 Å². The highest BCUT2D eigenvalue weighted by molar-refractivity contribution is 5.82. The van der Waals surface area contributed by atoms with Gasteiger partial charge in [-0.15, -0.1) is 0 Å². The second-order valence-electron chi connectivity index (χ2n) is 7.15. The molecule has 0 saturated heterocycles. The van der Waals surface area contributed by atoms with E-state index >= 15 is 0 Å². The SMILES string of the molecule is OC[C@@H]1C[C@H](Cn2cnc3c(NC4CC4)ncnc32)c2ccccc21. The van der Waals surface area contributed by atoms with Crippen molar-refractivity contribution in [3.8, 4) is 0 Å². The van der Waals surface area contributed by atoms with Gasteiger partial charge in [0.1, 0.15) is 11.8 Å². The van der Waals surface area contributed by atoms with E-state index in [9.17, 15) is 5.11 Å². The molecule has 1 saturated carbocycles. The quantitative estimate of drug-likeness (QED) is 0.750. The fourth-order valence-corrected chi connectivity index (χ4v) is 3.98. The second-order valence-corrected chi connectivity index (χ2v) is 7.15. The molecular formula is C19H21N5O. The van der Waals surface area contributed by atoms with Crippen LogP contribution in [0.3, 0.4) is 0 Å². The van der Waals surface area contributed by atoms with Gasteiger partial charge < -0.3 is 15.0 Å². The third-order valence-electron chi connectivity index (χ3n) is 5.40. The summed E-state index contributed by atoms with van der Waals surface area (Å²) < 4.78 is 2.12. The number of aromatic nitrogens is 4. The van der Waals surface area contributed by atoms with Crippen molar-refractivity contribution in [3.05, 3.63) is 48.0 Å². The lowest BCUT2D eigenvalue weighted by molar-refractivity contribution is 0.259. The molecule has 2 aliphatic rings. The zero-order valence-corrected chi connectivity index (χ0v) is 14.0. The summed E-state index contributed by atoms with van der Waals surface area (Å²) in [4.78, 5) is 13.4. The maximum Gasteiger partial charge on any atom is 0.165 e. The van der Waals surface area contributed by atoms with E-state index in [0.29, 0.717) is 12.0 Å². The van der Waals surface area contributed by atoms with Gasteiger partial charge in [0.05, 0.1) is 6.33 Å². The van der Waals surface area contributed by atoms with Crippen molar-refractivity contribution in [1.29, 1.82) is 0 Å². The molecule has 2 aromatic heterocycles. The predicted octanol–water partition coefficient (Wildman–Crippen LogP) is 2.66.